The lowest BCUT2D eigenvalue weighted by Gasteiger charge is -2.30. The minimum absolute atomic E-state index is 0.594. The number of halogens is 1. The number of methoxy groups -OCH3 is 1. The Morgan fingerprint density at radius 3 is 2.63 bits per heavy atom. The van der Waals surface area contributed by atoms with Crippen molar-refractivity contribution < 1.29 is 4.74 Å². The molecule has 19 heavy (non-hydrogen) atoms. The average molecular weight is 326 g/mol. The molecule has 0 atom stereocenters. The van der Waals surface area contributed by atoms with Gasteiger partial charge >= 0.3 is 0 Å². The highest BCUT2D eigenvalue weighted by atomic mass is 79.9. The fraction of sp³-hybridized carbons (Fsp3) is 0.625. The predicted molar refractivity (Wildman–Crippen MR) is 85.0 cm³/mol. The van der Waals surface area contributed by atoms with Crippen LogP contribution in [0.4, 0.5) is 5.69 Å². The molecule has 1 aliphatic carbocycles. The third-order valence-corrected chi connectivity index (χ3v) is 4.56. The van der Waals surface area contributed by atoms with Crippen molar-refractivity contribution >= 4 is 21.6 Å². The Morgan fingerprint density at radius 2 is 2.00 bits per heavy atom. The quantitative estimate of drug-likeness (QED) is 0.800. The lowest BCUT2D eigenvalue weighted by molar-refractivity contribution is 0.318. The molecule has 1 saturated carbocycles. The van der Waals surface area contributed by atoms with Crippen LogP contribution in [-0.4, -0.2) is 13.2 Å². The van der Waals surface area contributed by atoms with Crippen LogP contribution in [0.2, 0.25) is 0 Å². The molecule has 0 saturated heterocycles. The molecule has 1 aromatic carbocycles. The number of benzene rings is 1. The zero-order valence-electron chi connectivity index (χ0n) is 11.9. The van der Waals surface area contributed by atoms with Crippen LogP contribution >= 0.6 is 15.9 Å². The fourth-order valence-electron chi connectivity index (χ4n) is 3.02. The molecule has 1 aromatic rings. The maximum absolute atomic E-state index is 5.42. The predicted octanol–water partition coefficient (Wildman–Crippen LogP) is 5.23. The number of nitrogens with one attached hydrogen (secondary N) is 1. The summed E-state index contributed by atoms with van der Waals surface area (Å²) in [5.74, 6) is 1.88. The van der Waals surface area contributed by atoms with E-state index in [1.54, 1.807) is 7.11 Å². The van der Waals surface area contributed by atoms with Crippen LogP contribution in [0.25, 0.3) is 0 Å². The van der Waals surface area contributed by atoms with E-state index in [0.717, 1.165) is 21.8 Å². The summed E-state index contributed by atoms with van der Waals surface area (Å²) >= 11 is 3.52. The Balaban J connectivity index is 1.93. The maximum atomic E-state index is 5.42. The molecule has 0 radical (unpaired) electrons. The van der Waals surface area contributed by atoms with Crippen LogP contribution in [0.1, 0.15) is 45.4 Å². The third kappa shape index (κ3) is 4.13. The van der Waals surface area contributed by atoms with Gasteiger partial charge in [0, 0.05) is 10.5 Å². The van der Waals surface area contributed by atoms with Gasteiger partial charge < -0.3 is 10.1 Å². The SMILES string of the molecule is CCCC1CCC(Nc2cc(Br)ccc2OC)CC1. The molecule has 2 rings (SSSR count). The van der Waals surface area contributed by atoms with Crippen molar-refractivity contribution in [3.05, 3.63) is 22.7 Å². The number of ether oxygens (including phenoxy) is 1. The first kappa shape index (κ1) is 14.7. The van der Waals surface area contributed by atoms with E-state index in [2.05, 4.69) is 34.2 Å². The second-order valence-corrected chi connectivity index (χ2v) is 6.41. The molecule has 1 aliphatic rings. The lowest BCUT2D eigenvalue weighted by atomic mass is 9.83. The number of anilines is 1. The minimum Gasteiger partial charge on any atom is -0.495 e. The van der Waals surface area contributed by atoms with E-state index in [1.165, 1.54) is 38.5 Å². The molecule has 0 aliphatic heterocycles. The molecule has 0 spiro atoms. The summed E-state index contributed by atoms with van der Waals surface area (Å²) in [6.45, 7) is 2.29. The molecule has 2 nitrogen and oxygen atoms in total. The van der Waals surface area contributed by atoms with E-state index in [9.17, 15) is 0 Å². The molecule has 3 heteroatoms. The van der Waals surface area contributed by atoms with Gasteiger partial charge in [-0.25, -0.2) is 0 Å². The zero-order valence-corrected chi connectivity index (χ0v) is 13.5. The first-order valence-electron chi connectivity index (χ1n) is 7.33. The molecule has 0 aromatic heterocycles. The molecule has 1 N–H and O–H groups in total. The van der Waals surface area contributed by atoms with Crippen LogP contribution < -0.4 is 10.1 Å². The molecule has 1 fully saturated rings. The molecular weight excluding hydrogens is 302 g/mol. The molecule has 0 heterocycles. The van der Waals surface area contributed by atoms with Gasteiger partial charge in [-0.2, -0.15) is 0 Å². The smallest absolute Gasteiger partial charge is 0.142 e. The van der Waals surface area contributed by atoms with Crippen molar-refractivity contribution in [1.29, 1.82) is 0 Å². The summed E-state index contributed by atoms with van der Waals surface area (Å²) in [6, 6.07) is 6.73. The third-order valence-electron chi connectivity index (χ3n) is 4.06. The van der Waals surface area contributed by atoms with Gasteiger partial charge in [-0.05, 0) is 49.8 Å². The van der Waals surface area contributed by atoms with Gasteiger partial charge in [0.25, 0.3) is 0 Å². The van der Waals surface area contributed by atoms with Gasteiger partial charge in [-0.1, -0.05) is 35.7 Å². The van der Waals surface area contributed by atoms with Gasteiger partial charge in [-0.3, -0.25) is 0 Å². The van der Waals surface area contributed by atoms with E-state index in [-0.39, 0.29) is 0 Å². The Kier molecular flexibility index (Phi) is 5.56. The van der Waals surface area contributed by atoms with Crippen molar-refractivity contribution in [2.45, 2.75) is 51.5 Å². The highest BCUT2D eigenvalue weighted by Crippen LogP contribution is 2.33. The first-order chi connectivity index (χ1) is 9.22. The Morgan fingerprint density at radius 1 is 1.26 bits per heavy atom. The largest absolute Gasteiger partial charge is 0.495 e. The summed E-state index contributed by atoms with van der Waals surface area (Å²) in [6.07, 6.45) is 8.00. The highest BCUT2D eigenvalue weighted by molar-refractivity contribution is 9.10. The van der Waals surface area contributed by atoms with Crippen LogP contribution in [0.15, 0.2) is 22.7 Å². The number of hydrogen-bond acceptors (Lipinski definition) is 2. The summed E-state index contributed by atoms with van der Waals surface area (Å²) in [5, 5.41) is 3.65. The normalized spacial score (nSPS) is 23.1. The van der Waals surface area contributed by atoms with E-state index in [4.69, 9.17) is 4.74 Å². The molecular formula is C16H24BrNO. The summed E-state index contributed by atoms with van der Waals surface area (Å²) in [5.41, 5.74) is 1.11. The second kappa shape index (κ2) is 7.18. The zero-order chi connectivity index (χ0) is 13.7. The molecule has 106 valence electrons. The van der Waals surface area contributed by atoms with Crippen LogP contribution in [0.3, 0.4) is 0 Å². The van der Waals surface area contributed by atoms with Crippen LogP contribution in [0, 0.1) is 5.92 Å². The van der Waals surface area contributed by atoms with Gasteiger partial charge in [0.15, 0.2) is 0 Å². The van der Waals surface area contributed by atoms with Gasteiger partial charge in [0.2, 0.25) is 0 Å². The van der Waals surface area contributed by atoms with Crippen molar-refractivity contribution in [3.63, 3.8) is 0 Å². The van der Waals surface area contributed by atoms with Crippen LogP contribution in [-0.2, 0) is 0 Å². The topological polar surface area (TPSA) is 21.3 Å². The van der Waals surface area contributed by atoms with E-state index in [1.807, 2.05) is 12.1 Å². The molecule has 0 amide bonds. The fourth-order valence-corrected chi connectivity index (χ4v) is 3.38. The minimum atomic E-state index is 0.594. The second-order valence-electron chi connectivity index (χ2n) is 5.50. The van der Waals surface area contributed by atoms with Crippen LogP contribution in [0.5, 0.6) is 5.75 Å². The molecule has 0 bridgehead atoms. The summed E-state index contributed by atoms with van der Waals surface area (Å²) in [4.78, 5) is 0. The summed E-state index contributed by atoms with van der Waals surface area (Å²) < 4.78 is 6.51. The Labute approximate surface area is 125 Å². The van der Waals surface area contributed by atoms with Crippen molar-refractivity contribution in [2.24, 2.45) is 5.92 Å². The Bertz CT molecular complexity index is 400. The Hall–Kier alpha value is -0.700. The maximum Gasteiger partial charge on any atom is 0.142 e. The molecule has 0 unspecified atom stereocenters. The van der Waals surface area contributed by atoms with Crippen molar-refractivity contribution in [1.82, 2.24) is 0 Å². The monoisotopic (exact) mass is 325 g/mol. The van der Waals surface area contributed by atoms with E-state index in [0.29, 0.717) is 6.04 Å². The van der Waals surface area contributed by atoms with Gasteiger partial charge in [0.1, 0.15) is 5.75 Å². The first-order valence-corrected chi connectivity index (χ1v) is 8.12. The van der Waals surface area contributed by atoms with Gasteiger partial charge in [-0.15, -0.1) is 0 Å². The number of rotatable bonds is 5. The summed E-state index contributed by atoms with van der Waals surface area (Å²) in [7, 11) is 1.73. The lowest BCUT2D eigenvalue weighted by Crippen LogP contribution is -2.26. The average Bonchev–Trinajstić information content (AvgIpc) is 2.42. The number of hydrogen-bond donors (Lipinski definition) is 1. The van der Waals surface area contributed by atoms with Gasteiger partial charge in [0.05, 0.1) is 12.8 Å². The van der Waals surface area contributed by atoms with E-state index < -0.39 is 0 Å². The standard InChI is InChI=1S/C16H24BrNO/c1-3-4-12-5-8-14(9-6-12)18-15-11-13(17)7-10-16(15)19-2/h7,10-12,14,18H,3-6,8-9H2,1-2H3. The van der Waals surface area contributed by atoms with Crippen molar-refractivity contribution in [3.8, 4) is 5.75 Å². The highest BCUT2D eigenvalue weighted by Gasteiger charge is 2.21. The van der Waals surface area contributed by atoms with E-state index >= 15 is 0 Å². The van der Waals surface area contributed by atoms with Crippen molar-refractivity contribution in [2.75, 3.05) is 12.4 Å².